The fourth-order valence-corrected chi connectivity index (χ4v) is 2.99. The summed E-state index contributed by atoms with van der Waals surface area (Å²) in [5, 5.41) is 13.0. The Labute approximate surface area is 153 Å². The lowest BCUT2D eigenvalue weighted by Gasteiger charge is -2.15. The van der Waals surface area contributed by atoms with Gasteiger partial charge in [0.05, 0.1) is 13.2 Å². The van der Waals surface area contributed by atoms with E-state index in [1.807, 2.05) is 18.2 Å². The Morgan fingerprint density at radius 1 is 1.23 bits per heavy atom. The number of rotatable bonds is 7. The third-order valence-corrected chi connectivity index (χ3v) is 4.54. The van der Waals surface area contributed by atoms with Crippen molar-refractivity contribution in [3.8, 4) is 11.5 Å². The number of ether oxygens (including phenoxy) is 2. The molecule has 0 radical (unpaired) electrons. The summed E-state index contributed by atoms with van der Waals surface area (Å²) in [6.45, 7) is 1.04. The maximum Gasteiger partial charge on any atom is 0.258 e. The molecule has 0 bridgehead atoms. The van der Waals surface area contributed by atoms with Gasteiger partial charge in [-0.2, -0.15) is 0 Å². The Kier molecular flexibility index (Phi) is 5.63. The van der Waals surface area contributed by atoms with Gasteiger partial charge in [0.1, 0.15) is 11.5 Å². The number of aliphatic hydroxyl groups is 1. The van der Waals surface area contributed by atoms with E-state index in [2.05, 4.69) is 17.3 Å². The third-order valence-electron chi connectivity index (χ3n) is 4.54. The van der Waals surface area contributed by atoms with Crippen molar-refractivity contribution >= 4 is 11.6 Å². The van der Waals surface area contributed by atoms with Gasteiger partial charge in [-0.15, -0.1) is 0 Å². The average Bonchev–Trinajstić information content (AvgIpc) is 3.05. The fourth-order valence-electron chi connectivity index (χ4n) is 2.99. The second-order valence-electron chi connectivity index (χ2n) is 6.34. The second kappa shape index (κ2) is 8.10. The van der Waals surface area contributed by atoms with Crippen molar-refractivity contribution in [1.82, 2.24) is 5.32 Å². The fraction of sp³-hybridized carbons (Fsp3) is 0.350. The zero-order valence-corrected chi connectivity index (χ0v) is 15.1. The highest BCUT2D eigenvalue weighted by molar-refractivity contribution is 5.77. The summed E-state index contributed by atoms with van der Waals surface area (Å²) in [5.41, 5.74) is 3.26. The van der Waals surface area contributed by atoms with E-state index in [4.69, 9.17) is 9.47 Å². The van der Waals surface area contributed by atoms with Crippen molar-refractivity contribution < 1.29 is 19.4 Å². The maximum atomic E-state index is 11.9. The van der Waals surface area contributed by atoms with E-state index in [1.165, 1.54) is 11.3 Å². The molecule has 1 unspecified atom stereocenters. The average molecular weight is 356 g/mol. The molecule has 2 aromatic rings. The summed E-state index contributed by atoms with van der Waals surface area (Å²) in [7, 11) is 3.65. The van der Waals surface area contributed by atoms with Crippen molar-refractivity contribution in [3.63, 3.8) is 0 Å². The first-order valence-electron chi connectivity index (χ1n) is 8.62. The number of amides is 1. The number of hydrogen-bond acceptors (Lipinski definition) is 5. The molecule has 0 saturated heterocycles. The number of hydrogen-bond donors (Lipinski definition) is 2. The quantitative estimate of drug-likeness (QED) is 0.793. The van der Waals surface area contributed by atoms with Crippen LogP contribution >= 0.6 is 0 Å². The second-order valence-corrected chi connectivity index (χ2v) is 6.34. The van der Waals surface area contributed by atoms with Crippen LogP contribution in [0.5, 0.6) is 11.5 Å². The number of anilines is 1. The molecule has 6 nitrogen and oxygen atoms in total. The molecule has 138 valence electrons. The van der Waals surface area contributed by atoms with Crippen LogP contribution in [0.1, 0.15) is 17.2 Å². The number of carbonyl (C=O) groups excluding carboxylic acids is 1. The molecule has 6 heteroatoms. The first-order valence-corrected chi connectivity index (χ1v) is 8.62. The van der Waals surface area contributed by atoms with Crippen molar-refractivity contribution in [2.75, 3.05) is 38.8 Å². The van der Waals surface area contributed by atoms with Crippen molar-refractivity contribution in [1.29, 1.82) is 0 Å². The molecule has 0 aliphatic carbocycles. The van der Waals surface area contributed by atoms with Gasteiger partial charge in [0.15, 0.2) is 6.61 Å². The van der Waals surface area contributed by atoms with Crippen LogP contribution in [-0.4, -0.2) is 44.9 Å². The third kappa shape index (κ3) is 4.26. The van der Waals surface area contributed by atoms with E-state index in [0.717, 1.165) is 24.3 Å². The molecule has 0 fully saturated rings. The summed E-state index contributed by atoms with van der Waals surface area (Å²) in [5.74, 6) is 1.04. The monoisotopic (exact) mass is 356 g/mol. The molecular weight excluding hydrogens is 332 g/mol. The predicted molar refractivity (Wildman–Crippen MR) is 99.9 cm³/mol. The minimum atomic E-state index is -0.740. The van der Waals surface area contributed by atoms with Gasteiger partial charge in [-0.05, 0) is 47.9 Å². The molecule has 3 rings (SSSR count). The van der Waals surface area contributed by atoms with E-state index in [1.54, 1.807) is 31.4 Å². The molecule has 2 aromatic carbocycles. The van der Waals surface area contributed by atoms with Crippen molar-refractivity contribution in [2.24, 2.45) is 0 Å². The summed E-state index contributed by atoms with van der Waals surface area (Å²) in [4.78, 5) is 14.1. The van der Waals surface area contributed by atoms with Gasteiger partial charge in [0.2, 0.25) is 0 Å². The zero-order valence-electron chi connectivity index (χ0n) is 15.1. The van der Waals surface area contributed by atoms with Crippen LogP contribution in [0.3, 0.4) is 0 Å². The lowest BCUT2D eigenvalue weighted by molar-refractivity contribution is -0.123. The number of nitrogens with zero attached hydrogens (tertiary/aromatic N) is 1. The lowest BCUT2D eigenvalue weighted by Crippen LogP contribution is -2.32. The maximum absolute atomic E-state index is 11.9. The standard InChI is InChI=1S/C20H24N2O4/c1-22-10-9-14-11-15(3-8-18(14)22)19(23)12-21-20(24)13-26-17-6-4-16(25-2)5-7-17/h3-8,11,19,23H,9-10,12-13H2,1-2H3,(H,21,24). The highest BCUT2D eigenvalue weighted by Gasteiger charge is 2.18. The van der Waals surface area contributed by atoms with Gasteiger partial charge in [-0.3, -0.25) is 4.79 Å². The number of likely N-dealkylation sites (N-methyl/N-ethyl adjacent to an activating group) is 1. The van der Waals surface area contributed by atoms with Crippen LogP contribution in [0.25, 0.3) is 0 Å². The normalized spacial score (nSPS) is 13.9. The number of fused-ring (bicyclic) bond motifs is 1. The molecular formula is C20H24N2O4. The number of benzene rings is 2. The molecule has 1 aliphatic rings. The summed E-state index contributed by atoms with van der Waals surface area (Å²) in [6.07, 6.45) is 0.241. The Morgan fingerprint density at radius 3 is 2.69 bits per heavy atom. The van der Waals surface area contributed by atoms with E-state index in [9.17, 15) is 9.90 Å². The molecule has 0 spiro atoms. The van der Waals surface area contributed by atoms with Crippen LogP contribution in [0, 0.1) is 0 Å². The predicted octanol–water partition coefficient (Wildman–Crippen LogP) is 1.92. The number of aliphatic hydroxyl groups excluding tert-OH is 1. The van der Waals surface area contributed by atoms with Gasteiger partial charge in [-0.25, -0.2) is 0 Å². The zero-order chi connectivity index (χ0) is 18.5. The Hall–Kier alpha value is -2.73. The van der Waals surface area contributed by atoms with Crippen LogP contribution in [0.4, 0.5) is 5.69 Å². The van der Waals surface area contributed by atoms with E-state index >= 15 is 0 Å². The SMILES string of the molecule is COc1ccc(OCC(=O)NCC(O)c2ccc3c(c2)CCN3C)cc1. The van der Waals surface area contributed by atoms with Crippen molar-refractivity contribution in [3.05, 3.63) is 53.6 Å². The first-order chi connectivity index (χ1) is 12.6. The van der Waals surface area contributed by atoms with Gasteiger partial charge >= 0.3 is 0 Å². The first kappa shape index (κ1) is 18.1. The highest BCUT2D eigenvalue weighted by Crippen LogP contribution is 2.29. The summed E-state index contributed by atoms with van der Waals surface area (Å²) < 4.78 is 10.5. The molecule has 1 atom stereocenters. The van der Waals surface area contributed by atoms with E-state index in [0.29, 0.717) is 5.75 Å². The van der Waals surface area contributed by atoms with Crippen LogP contribution in [0.2, 0.25) is 0 Å². The highest BCUT2D eigenvalue weighted by atomic mass is 16.5. The molecule has 26 heavy (non-hydrogen) atoms. The molecule has 1 aliphatic heterocycles. The molecule has 2 N–H and O–H groups in total. The van der Waals surface area contributed by atoms with Gasteiger partial charge < -0.3 is 24.8 Å². The lowest BCUT2D eigenvalue weighted by atomic mass is 10.0. The molecule has 0 saturated carbocycles. The minimum absolute atomic E-state index is 0.103. The van der Waals surface area contributed by atoms with Crippen LogP contribution < -0.4 is 19.7 Å². The van der Waals surface area contributed by atoms with E-state index < -0.39 is 6.10 Å². The Morgan fingerprint density at radius 2 is 1.96 bits per heavy atom. The van der Waals surface area contributed by atoms with Gasteiger partial charge in [0.25, 0.3) is 5.91 Å². The smallest absolute Gasteiger partial charge is 0.258 e. The largest absolute Gasteiger partial charge is 0.497 e. The van der Waals surface area contributed by atoms with Crippen molar-refractivity contribution in [2.45, 2.75) is 12.5 Å². The van der Waals surface area contributed by atoms with Crippen LogP contribution in [-0.2, 0) is 11.2 Å². The Balaban J connectivity index is 1.46. The molecule has 1 heterocycles. The summed E-state index contributed by atoms with van der Waals surface area (Å²) in [6, 6.07) is 13.0. The van der Waals surface area contributed by atoms with E-state index in [-0.39, 0.29) is 19.1 Å². The van der Waals surface area contributed by atoms with Crippen LogP contribution in [0.15, 0.2) is 42.5 Å². The number of methoxy groups -OCH3 is 1. The number of carbonyl (C=O) groups is 1. The summed E-state index contributed by atoms with van der Waals surface area (Å²) >= 11 is 0. The van der Waals surface area contributed by atoms with Gasteiger partial charge in [0, 0.05) is 25.8 Å². The van der Waals surface area contributed by atoms with Gasteiger partial charge in [-0.1, -0.05) is 12.1 Å². The topological polar surface area (TPSA) is 71.0 Å². The molecule has 0 aromatic heterocycles. The Bertz CT molecular complexity index is 761. The minimum Gasteiger partial charge on any atom is -0.497 e. The molecule has 1 amide bonds. The number of nitrogens with one attached hydrogen (secondary N) is 1.